The third-order valence-electron chi connectivity index (χ3n) is 1.86. The van der Waals surface area contributed by atoms with Crippen LogP contribution in [0.4, 0.5) is 0 Å². The highest BCUT2D eigenvalue weighted by Crippen LogP contribution is 2.05. The van der Waals surface area contributed by atoms with Gasteiger partial charge in [0.05, 0.1) is 24.6 Å². The van der Waals surface area contributed by atoms with Crippen LogP contribution in [0.3, 0.4) is 0 Å². The molecule has 0 fully saturated rings. The molecule has 1 aromatic rings. The Balaban J connectivity index is 2.48. The first-order chi connectivity index (χ1) is 5.74. The van der Waals surface area contributed by atoms with Gasteiger partial charge in [0.2, 0.25) is 0 Å². The minimum absolute atomic E-state index is 0.0556. The van der Waals surface area contributed by atoms with E-state index >= 15 is 0 Å². The Morgan fingerprint density at radius 1 is 1.75 bits per heavy atom. The molecule has 0 spiro atoms. The van der Waals surface area contributed by atoms with E-state index < -0.39 is 0 Å². The van der Waals surface area contributed by atoms with E-state index in [-0.39, 0.29) is 6.04 Å². The van der Waals surface area contributed by atoms with Crippen LogP contribution in [0.1, 0.15) is 12.5 Å². The van der Waals surface area contributed by atoms with Gasteiger partial charge >= 0.3 is 0 Å². The lowest BCUT2D eigenvalue weighted by Crippen LogP contribution is -2.26. The monoisotopic (exact) mass is 164 g/mol. The van der Waals surface area contributed by atoms with Crippen molar-refractivity contribution in [3.63, 3.8) is 0 Å². The van der Waals surface area contributed by atoms with Crippen LogP contribution < -0.4 is 0 Å². The molecule has 0 bridgehead atoms. The maximum absolute atomic E-state index is 8.62. The van der Waals surface area contributed by atoms with Gasteiger partial charge in [0.1, 0.15) is 0 Å². The minimum atomic E-state index is -0.0556. The van der Waals surface area contributed by atoms with Gasteiger partial charge in [-0.3, -0.25) is 4.90 Å². The van der Waals surface area contributed by atoms with Gasteiger partial charge in [-0.05, 0) is 20.0 Å². The van der Waals surface area contributed by atoms with E-state index in [0.29, 0.717) is 0 Å². The van der Waals surface area contributed by atoms with E-state index in [0.717, 1.165) is 12.1 Å². The summed E-state index contributed by atoms with van der Waals surface area (Å²) in [6.45, 7) is 2.63. The summed E-state index contributed by atoms with van der Waals surface area (Å²) in [6.07, 6.45) is 3.33. The lowest BCUT2D eigenvalue weighted by molar-refractivity contribution is 0.293. The summed E-state index contributed by atoms with van der Waals surface area (Å²) in [5.74, 6) is 0. The molecular weight excluding hydrogens is 152 g/mol. The SMILES string of the molecule is CC(C#N)N(C)Cc1ccoc1. The Kier molecular flexibility index (Phi) is 2.89. The van der Waals surface area contributed by atoms with Crippen LogP contribution in [0, 0.1) is 11.3 Å². The second-order valence-electron chi connectivity index (χ2n) is 2.85. The van der Waals surface area contributed by atoms with Gasteiger partial charge in [0, 0.05) is 12.1 Å². The molecule has 0 saturated heterocycles. The van der Waals surface area contributed by atoms with Crippen LogP contribution in [0.15, 0.2) is 23.0 Å². The molecule has 1 rings (SSSR count). The molecule has 64 valence electrons. The van der Waals surface area contributed by atoms with Gasteiger partial charge in [-0.15, -0.1) is 0 Å². The van der Waals surface area contributed by atoms with E-state index in [9.17, 15) is 0 Å². The number of hydrogen-bond donors (Lipinski definition) is 0. The first-order valence-corrected chi connectivity index (χ1v) is 3.85. The number of nitrogens with zero attached hydrogens (tertiary/aromatic N) is 2. The van der Waals surface area contributed by atoms with Gasteiger partial charge in [0.25, 0.3) is 0 Å². The zero-order chi connectivity index (χ0) is 8.97. The summed E-state index contributed by atoms with van der Waals surface area (Å²) in [6, 6.07) is 4.02. The van der Waals surface area contributed by atoms with Crippen molar-refractivity contribution in [1.82, 2.24) is 4.90 Å². The summed E-state index contributed by atoms with van der Waals surface area (Å²) in [5, 5.41) is 8.62. The van der Waals surface area contributed by atoms with E-state index in [4.69, 9.17) is 9.68 Å². The van der Waals surface area contributed by atoms with Gasteiger partial charge in [0.15, 0.2) is 0 Å². The topological polar surface area (TPSA) is 40.2 Å². The molecule has 3 nitrogen and oxygen atoms in total. The molecule has 12 heavy (non-hydrogen) atoms. The molecule has 0 aliphatic carbocycles. The molecule has 0 aromatic carbocycles. The quantitative estimate of drug-likeness (QED) is 0.681. The fourth-order valence-electron chi connectivity index (χ4n) is 0.906. The smallest absolute Gasteiger partial charge is 0.0949 e. The van der Waals surface area contributed by atoms with Crippen LogP contribution in [0.2, 0.25) is 0 Å². The highest BCUT2D eigenvalue weighted by atomic mass is 16.3. The Bertz CT molecular complexity index is 261. The maximum atomic E-state index is 8.62. The van der Waals surface area contributed by atoms with E-state index in [1.165, 1.54) is 0 Å². The van der Waals surface area contributed by atoms with Crippen LogP contribution in [0.25, 0.3) is 0 Å². The van der Waals surface area contributed by atoms with E-state index in [2.05, 4.69) is 6.07 Å². The summed E-state index contributed by atoms with van der Waals surface area (Å²) < 4.78 is 4.92. The zero-order valence-electron chi connectivity index (χ0n) is 7.32. The standard InChI is InChI=1S/C9H12N2O/c1-8(5-10)11(2)6-9-3-4-12-7-9/h3-4,7-8H,6H2,1-2H3. The lowest BCUT2D eigenvalue weighted by atomic mass is 10.2. The van der Waals surface area contributed by atoms with Crippen molar-refractivity contribution in [3.05, 3.63) is 24.2 Å². The Morgan fingerprint density at radius 3 is 3.00 bits per heavy atom. The number of rotatable bonds is 3. The third kappa shape index (κ3) is 2.11. The summed E-state index contributed by atoms with van der Waals surface area (Å²) in [5.41, 5.74) is 1.10. The molecule has 3 heteroatoms. The minimum Gasteiger partial charge on any atom is -0.472 e. The first-order valence-electron chi connectivity index (χ1n) is 3.85. The molecule has 0 radical (unpaired) electrons. The average molecular weight is 164 g/mol. The fraction of sp³-hybridized carbons (Fsp3) is 0.444. The highest BCUT2D eigenvalue weighted by Gasteiger charge is 2.07. The molecule has 1 aromatic heterocycles. The van der Waals surface area contributed by atoms with Crippen LogP contribution in [-0.2, 0) is 6.54 Å². The van der Waals surface area contributed by atoms with Crippen molar-refractivity contribution in [2.75, 3.05) is 7.05 Å². The van der Waals surface area contributed by atoms with Gasteiger partial charge < -0.3 is 4.42 Å². The van der Waals surface area contributed by atoms with Crippen LogP contribution in [-0.4, -0.2) is 18.0 Å². The number of hydrogen-bond acceptors (Lipinski definition) is 3. The molecular formula is C9H12N2O. The molecule has 1 heterocycles. The number of nitriles is 1. The van der Waals surface area contributed by atoms with Crippen LogP contribution >= 0.6 is 0 Å². The largest absolute Gasteiger partial charge is 0.472 e. The van der Waals surface area contributed by atoms with Crippen molar-refractivity contribution in [2.24, 2.45) is 0 Å². The number of furan rings is 1. The summed E-state index contributed by atoms with van der Waals surface area (Å²) in [4.78, 5) is 1.96. The Morgan fingerprint density at radius 2 is 2.50 bits per heavy atom. The van der Waals surface area contributed by atoms with Crippen LogP contribution in [0.5, 0.6) is 0 Å². The predicted molar refractivity (Wildman–Crippen MR) is 45.3 cm³/mol. The molecule has 1 unspecified atom stereocenters. The highest BCUT2D eigenvalue weighted by molar-refractivity contribution is 5.05. The fourth-order valence-corrected chi connectivity index (χ4v) is 0.906. The van der Waals surface area contributed by atoms with Crippen molar-refractivity contribution in [3.8, 4) is 6.07 Å². The van der Waals surface area contributed by atoms with Gasteiger partial charge in [-0.1, -0.05) is 0 Å². The van der Waals surface area contributed by atoms with Crippen molar-refractivity contribution < 1.29 is 4.42 Å². The normalized spacial score (nSPS) is 12.8. The molecule has 0 aliphatic heterocycles. The Hall–Kier alpha value is -1.27. The van der Waals surface area contributed by atoms with Crippen molar-refractivity contribution in [2.45, 2.75) is 19.5 Å². The lowest BCUT2D eigenvalue weighted by Gasteiger charge is -2.17. The first kappa shape index (κ1) is 8.82. The maximum Gasteiger partial charge on any atom is 0.0949 e. The molecule has 0 saturated carbocycles. The molecule has 0 aliphatic rings. The van der Waals surface area contributed by atoms with E-state index in [1.807, 2.05) is 24.9 Å². The summed E-state index contributed by atoms with van der Waals surface area (Å²) >= 11 is 0. The van der Waals surface area contributed by atoms with Gasteiger partial charge in [-0.2, -0.15) is 5.26 Å². The summed E-state index contributed by atoms with van der Waals surface area (Å²) in [7, 11) is 1.92. The molecule has 0 N–H and O–H groups in total. The molecule has 0 amide bonds. The van der Waals surface area contributed by atoms with Crippen molar-refractivity contribution >= 4 is 0 Å². The predicted octanol–water partition coefficient (Wildman–Crippen LogP) is 1.62. The zero-order valence-corrected chi connectivity index (χ0v) is 7.32. The second-order valence-corrected chi connectivity index (χ2v) is 2.85. The third-order valence-corrected chi connectivity index (χ3v) is 1.86. The molecule has 1 atom stereocenters. The van der Waals surface area contributed by atoms with Gasteiger partial charge in [-0.25, -0.2) is 0 Å². The Labute approximate surface area is 72.2 Å². The second kappa shape index (κ2) is 3.93. The van der Waals surface area contributed by atoms with E-state index in [1.54, 1.807) is 12.5 Å². The van der Waals surface area contributed by atoms with Crippen molar-refractivity contribution in [1.29, 1.82) is 5.26 Å². The average Bonchev–Trinajstić information content (AvgIpc) is 2.55.